The van der Waals surface area contributed by atoms with Gasteiger partial charge in [0.15, 0.2) is 0 Å². The first-order valence-electron chi connectivity index (χ1n) is 8.02. The summed E-state index contributed by atoms with van der Waals surface area (Å²) in [6.07, 6.45) is 4.07. The van der Waals surface area contributed by atoms with Crippen molar-refractivity contribution in [2.75, 3.05) is 13.2 Å². The highest BCUT2D eigenvalue weighted by Gasteiger charge is 2.13. The van der Waals surface area contributed by atoms with Gasteiger partial charge in [0, 0.05) is 35.5 Å². The molecule has 0 saturated carbocycles. The van der Waals surface area contributed by atoms with Crippen LogP contribution in [0.1, 0.15) is 13.8 Å². The normalized spacial score (nSPS) is 11.0. The Morgan fingerprint density at radius 2 is 1.03 bits per heavy atom. The van der Waals surface area contributed by atoms with Crippen LogP contribution in [0.4, 0.5) is 0 Å². The second kappa shape index (κ2) is 13.4. The Labute approximate surface area is 168 Å². The molecule has 0 spiro atoms. The first kappa shape index (κ1) is 25.3. The van der Waals surface area contributed by atoms with Gasteiger partial charge in [0.2, 0.25) is 0 Å². The summed E-state index contributed by atoms with van der Waals surface area (Å²) in [5, 5.41) is 0. The molecule has 0 bridgehead atoms. The van der Waals surface area contributed by atoms with Crippen LogP contribution < -0.4 is 0 Å². The van der Waals surface area contributed by atoms with E-state index in [0.717, 1.165) is 24.3 Å². The summed E-state index contributed by atoms with van der Waals surface area (Å²) in [4.78, 5) is 45.7. The van der Waals surface area contributed by atoms with E-state index in [1.54, 1.807) is 0 Å². The lowest BCUT2D eigenvalue weighted by Gasteiger charge is -2.09. The molecule has 0 aliphatic rings. The zero-order valence-corrected chi connectivity index (χ0v) is 16.2. The highest BCUT2D eigenvalue weighted by atomic mass is 16.7. The van der Waals surface area contributed by atoms with Crippen LogP contribution in [0.2, 0.25) is 0 Å². The summed E-state index contributed by atoms with van der Waals surface area (Å²) in [7, 11) is 0. The smallest absolute Gasteiger partial charge is 0.340 e. The molecule has 0 rings (SSSR count). The molecule has 0 N–H and O–H groups in total. The predicted octanol–water partition coefficient (Wildman–Crippen LogP) is 2.38. The molecule has 0 saturated heterocycles. The standard InChI is InChI=1S/C20H22O9/c1-7-15(21)26-17(28-19(23)13(3)4)9-11-25-12-10-18(27-16(22)8-2)29-20(24)14(5)6/h7-10H,1-3,5,11-12H2,4,6H3. The van der Waals surface area contributed by atoms with E-state index in [1.165, 1.54) is 13.8 Å². The van der Waals surface area contributed by atoms with E-state index >= 15 is 0 Å². The first-order valence-corrected chi connectivity index (χ1v) is 8.02. The Balaban J connectivity index is 5.00. The highest BCUT2D eigenvalue weighted by Crippen LogP contribution is 2.07. The molecule has 0 aliphatic heterocycles. The molecule has 0 atom stereocenters. The van der Waals surface area contributed by atoms with Crippen molar-refractivity contribution in [3.8, 4) is 0 Å². The van der Waals surface area contributed by atoms with Gasteiger partial charge in [0.05, 0.1) is 13.2 Å². The van der Waals surface area contributed by atoms with Crippen LogP contribution >= 0.6 is 0 Å². The number of esters is 4. The molecule has 0 heterocycles. The van der Waals surface area contributed by atoms with E-state index < -0.39 is 35.8 Å². The van der Waals surface area contributed by atoms with Crippen molar-refractivity contribution in [2.45, 2.75) is 13.8 Å². The van der Waals surface area contributed by atoms with Gasteiger partial charge in [-0.05, 0) is 13.8 Å². The maximum Gasteiger partial charge on any atom is 0.340 e. The molecule has 0 aromatic carbocycles. The summed E-state index contributed by atoms with van der Waals surface area (Å²) in [6, 6.07) is 0. The summed E-state index contributed by atoms with van der Waals surface area (Å²) >= 11 is 0. The lowest BCUT2D eigenvalue weighted by molar-refractivity contribution is -0.150. The minimum Gasteiger partial charge on any atom is -0.389 e. The minimum atomic E-state index is -0.851. The third kappa shape index (κ3) is 11.6. The molecule has 0 aromatic heterocycles. The van der Waals surface area contributed by atoms with Crippen molar-refractivity contribution in [3.05, 3.63) is 73.7 Å². The fourth-order valence-electron chi connectivity index (χ4n) is 1.17. The maximum absolute atomic E-state index is 11.5. The molecule has 0 aliphatic carbocycles. The van der Waals surface area contributed by atoms with Crippen molar-refractivity contribution in [1.82, 2.24) is 0 Å². The average Bonchev–Trinajstić information content (AvgIpc) is 2.66. The van der Waals surface area contributed by atoms with E-state index in [4.69, 9.17) is 23.7 Å². The number of rotatable bonds is 12. The minimum absolute atomic E-state index is 0.0856. The molecule has 0 amide bonds. The van der Waals surface area contributed by atoms with Gasteiger partial charge in [-0.2, -0.15) is 0 Å². The van der Waals surface area contributed by atoms with Gasteiger partial charge >= 0.3 is 23.9 Å². The number of hydrogen-bond acceptors (Lipinski definition) is 9. The average molecular weight is 406 g/mol. The topological polar surface area (TPSA) is 114 Å². The SMILES string of the molecule is C=CC(=O)OC(=CCOCC=C(OC(=O)C=C)OC(=O)C(=C)C)OC(=O)C(=C)C. The highest BCUT2D eigenvalue weighted by molar-refractivity contribution is 5.88. The monoisotopic (exact) mass is 406 g/mol. The van der Waals surface area contributed by atoms with Gasteiger partial charge in [0.1, 0.15) is 0 Å². The van der Waals surface area contributed by atoms with Gasteiger partial charge in [-0.1, -0.05) is 26.3 Å². The summed E-state index contributed by atoms with van der Waals surface area (Å²) in [5.74, 6) is -4.18. The third-order valence-corrected chi connectivity index (χ3v) is 2.55. The van der Waals surface area contributed by atoms with Crippen molar-refractivity contribution in [2.24, 2.45) is 0 Å². The predicted molar refractivity (Wildman–Crippen MR) is 101 cm³/mol. The molecule has 0 radical (unpaired) electrons. The van der Waals surface area contributed by atoms with Crippen LogP contribution in [0.3, 0.4) is 0 Å². The molecule has 9 nitrogen and oxygen atoms in total. The molecule has 0 fully saturated rings. The third-order valence-electron chi connectivity index (χ3n) is 2.55. The Bertz CT molecular complexity index is 705. The van der Waals surface area contributed by atoms with Gasteiger partial charge in [-0.15, -0.1) is 0 Å². The van der Waals surface area contributed by atoms with Crippen molar-refractivity contribution >= 4 is 23.9 Å². The zero-order valence-electron chi connectivity index (χ0n) is 16.2. The molecular weight excluding hydrogens is 384 g/mol. The Morgan fingerprint density at radius 3 is 1.31 bits per heavy atom. The van der Waals surface area contributed by atoms with Crippen molar-refractivity contribution in [1.29, 1.82) is 0 Å². The number of carbonyl (C=O) groups is 4. The van der Waals surface area contributed by atoms with E-state index in [0.29, 0.717) is 0 Å². The van der Waals surface area contributed by atoms with Crippen LogP contribution in [-0.4, -0.2) is 37.1 Å². The molecule has 156 valence electrons. The van der Waals surface area contributed by atoms with Crippen molar-refractivity contribution in [3.63, 3.8) is 0 Å². The second-order valence-electron chi connectivity index (χ2n) is 5.17. The van der Waals surface area contributed by atoms with Crippen LogP contribution in [0.5, 0.6) is 0 Å². The summed E-state index contributed by atoms with van der Waals surface area (Å²) in [6.45, 7) is 15.7. The summed E-state index contributed by atoms with van der Waals surface area (Å²) in [5.41, 5.74) is 0.171. The summed E-state index contributed by atoms with van der Waals surface area (Å²) < 4.78 is 24.4. The second-order valence-corrected chi connectivity index (χ2v) is 5.17. The van der Waals surface area contributed by atoms with E-state index in [9.17, 15) is 19.2 Å². The Kier molecular flexibility index (Phi) is 11.7. The fourth-order valence-corrected chi connectivity index (χ4v) is 1.17. The van der Waals surface area contributed by atoms with Gasteiger partial charge < -0.3 is 23.7 Å². The lowest BCUT2D eigenvalue weighted by atomic mass is 10.4. The van der Waals surface area contributed by atoms with Gasteiger partial charge in [0.25, 0.3) is 11.9 Å². The largest absolute Gasteiger partial charge is 0.389 e. The Hall–Kier alpha value is -3.72. The quantitative estimate of drug-likeness (QED) is 0.208. The van der Waals surface area contributed by atoms with Crippen LogP contribution in [-0.2, 0) is 42.9 Å². The molecular formula is C20H22O9. The van der Waals surface area contributed by atoms with Crippen molar-refractivity contribution < 1.29 is 42.9 Å². The number of hydrogen-bond donors (Lipinski definition) is 0. The molecule has 29 heavy (non-hydrogen) atoms. The number of ether oxygens (including phenoxy) is 5. The maximum atomic E-state index is 11.5. The van der Waals surface area contributed by atoms with Crippen LogP contribution in [0.15, 0.2) is 73.7 Å². The molecule has 9 heteroatoms. The van der Waals surface area contributed by atoms with Crippen LogP contribution in [0.25, 0.3) is 0 Å². The molecule has 0 aromatic rings. The van der Waals surface area contributed by atoms with Crippen LogP contribution in [0, 0.1) is 0 Å². The fraction of sp³-hybridized carbons (Fsp3) is 0.200. The zero-order chi connectivity index (χ0) is 22.4. The lowest BCUT2D eigenvalue weighted by Crippen LogP contribution is -2.12. The Morgan fingerprint density at radius 1 is 0.690 bits per heavy atom. The van der Waals surface area contributed by atoms with E-state index in [1.807, 2.05) is 0 Å². The van der Waals surface area contributed by atoms with Gasteiger partial charge in [-0.3, -0.25) is 0 Å². The van der Waals surface area contributed by atoms with Gasteiger partial charge in [-0.25, -0.2) is 19.2 Å². The number of carbonyl (C=O) groups excluding carboxylic acids is 4. The first-order chi connectivity index (χ1) is 13.6. The van der Waals surface area contributed by atoms with E-state index in [2.05, 4.69) is 26.3 Å². The van der Waals surface area contributed by atoms with E-state index in [-0.39, 0.29) is 24.4 Å². The molecule has 0 unspecified atom stereocenters.